The van der Waals surface area contributed by atoms with E-state index in [1.54, 1.807) is 7.11 Å². The van der Waals surface area contributed by atoms with E-state index >= 15 is 0 Å². The van der Waals surface area contributed by atoms with Crippen LogP contribution in [0.2, 0.25) is 0 Å². The molecule has 0 N–H and O–H groups in total. The third-order valence-corrected chi connectivity index (χ3v) is 3.67. The summed E-state index contributed by atoms with van der Waals surface area (Å²) in [5.41, 5.74) is 1.09. The van der Waals surface area contributed by atoms with Crippen LogP contribution in [0.15, 0.2) is 12.4 Å². The smallest absolute Gasteiger partial charge is 0.225 e. The van der Waals surface area contributed by atoms with Gasteiger partial charge in [0.05, 0.1) is 6.61 Å². The fourth-order valence-corrected chi connectivity index (χ4v) is 2.22. The van der Waals surface area contributed by atoms with Gasteiger partial charge in [0, 0.05) is 37.4 Å². The average molecular weight is 316 g/mol. The van der Waals surface area contributed by atoms with Crippen LogP contribution < -0.4 is 4.90 Å². The molecule has 0 atom stereocenters. The Bertz CT molecular complexity index is 328. The van der Waals surface area contributed by atoms with Crippen LogP contribution in [0.5, 0.6) is 0 Å². The van der Waals surface area contributed by atoms with Crippen molar-refractivity contribution in [1.29, 1.82) is 0 Å². The Labute approximate surface area is 118 Å². The number of alkyl halides is 1. The van der Waals surface area contributed by atoms with Gasteiger partial charge in [0.1, 0.15) is 0 Å². The minimum Gasteiger partial charge on any atom is -0.383 e. The van der Waals surface area contributed by atoms with E-state index in [1.165, 1.54) is 0 Å². The van der Waals surface area contributed by atoms with Gasteiger partial charge in [-0.15, -0.1) is 0 Å². The number of nitrogens with zero attached hydrogens (tertiary/aromatic N) is 3. The van der Waals surface area contributed by atoms with E-state index in [2.05, 4.69) is 44.6 Å². The molecule has 4 nitrogen and oxygen atoms in total. The number of hydrogen-bond donors (Lipinski definition) is 0. The van der Waals surface area contributed by atoms with Crippen LogP contribution in [0, 0.1) is 0 Å². The topological polar surface area (TPSA) is 38.2 Å². The normalized spacial score (nSPS) is 10.9. The van der Waals surface area contributed by atoms with Crippen molar-refractivity contribution in [1.82, 2.24) is 9.97 Å². The molecule has 0 fully saturated rings. The lowest BCUT2D eigenvalue weighted by Crippen LogP contribution is -2.38. The van der Waals surface area contributed by atoms with E-state index in [1.807, 2.05) is 12.4 Å². The summed E-state index contributed by atoms with van der Waals surface area (Å²) in [6, 6.07) is 0.468. The van der Waals surface area contributed by atoms with Crippen LogP contribution in [0.1, 0.15) is 32.3 Å². The summed E-state index contributed by atoms with van der Waals surface area (Å²) in [6.45, 7) is 5.91. The lowest BCUT2D eigenvalue weighted by Gasteiger charge is -2.30. The molecule has 102 valence electrons. The summed E-state index contributed by atoms with van der Waals surface area (Å²) in [5, 5.41) is 0.788. The van der Waals surface area contributed by atoms with Gasteiger partial charge < -0.3 is 9.64 Å². The standard InChI is InChI=1S/C13H22BrN3O/c1-4-12(5-2)17(6-7-18-3)13-15-9-11(8-14)10-16-13/h9-10,12H,4-8H2,1-3H3. The molecular formula is C13H22BrN3O. The highest BCUT2D eigenvalue weighted by Gasteiger charge is 2.17. The van der Waals surface area contributed by atoms with Crippen LogP contribution >= 0.6 is 15.9 Å². The second-order valence-corrected chi connectivity index (χ2v) is 4.74. The molecule has 5 heteroatoms. The van der Waals surface area contributed by atoms with Crippen LogP contribution in [0.3, 0.4) is 0 Å². The number of halogens is 1. The Kier molecular flexibility index (Phi) is 7.20. The van der Waals surface area contributed by atoms with Gasteiger partial charge in [-0.3, -0.25) is 0 Å². The van der Waals surface area contributed by atoms with E-state index in [0.29, 0.717) is 12.6 Å². The third-order valence-electron chi connectivity index (χ3n) is 3.02. The first-order valence-corrected chi connectivity index (χ1v) is 7.51. The monoisotopic (exact) mass is 315 g/mol. The molecule has 0 amide bonds. The van der Waals surface area contributed by atoms with Crippen molar-refractivity contribution in [2.24, 2.45) is 0 Å². The van der Waals surface area contributed by atoms with Crippen molar-refractivity contribution in [3.05, 3.63) is 18.0 Å². The van der Waals surface area contributed by atoms with E-state index in [4.69, 9.17) is 4.74 Å². The molecule has 1 rings (SSSR count). The van der Waals surface area contributed by atoms with E-state index in [-0.39, 0.29) is 0 Å². The van der Waals surface area contributed by atoms with Gasteiger partial charge in [-0.25, -0.2) is 9.97 Å². The van der Waals surface area contributed by atoms with Crippen LogP contribution in [-0.4, -0.2) is 36.3 Å². The van der Waals surface area contributed by atoms with Gasteiger partial charge in [-0.1, -0.05) is 29.8 Å². The maximum absolute atomic E-state index is 5.17. The molecule has 18 heavy (non-hydrogen) atoms. The number of ether oxygens (including phenoxy) is 1. The van der Waals surface area contributed by atoms with E-state index in [0.717, 1.165) is 36.2 Å². The highest BCUT2D eigenvalue weighted by molar-refractivity contribution is 9.08. The highest BCUT2D eigenvalue weighted by Crippen LogP contribution is 2.16. The van der Waals surface area contributed by atoms with Gasteiger partial charge in [0.15, 0.2) is 0 Å². The van der Waals surface area contributed by atoms with E-state index in [9.17, 15) is 0 Å². The Balaban J connectivity index is 2.85. The zero-order chi connectivity index (χ0) is 13.4. The lowest BCUT2D eigenvalue weighted by molar-refractivity contribution is 0.202. The first kappa shape index (κ1) is 15.4. The second-order valence-electron chi connectivity index (χ2n) is 4.18. The first-order chi connectivity index (χ1) is 8.76. The maximum Gasteiger partial charge on any atom is 0.225 e. The van der Waals surface area contributed by atoms with Crippen molar-refractivity contribution in [2.75, 3.05) is 25.2 Å². The van der Waals surface area contributed by atoms with Crippen molar-refractivity contribution in [2.45, 2.75) is 38.1 Å². The van der Waals surface area contributed by atoms with Crippen molar-refractivity contribution >= 4 is 21.9 Å². The fourth-order valence-electron chi connectivity index (χ4n) is 1.93. The highest BCUT2D eigenvalue weighted by atomic mass is 79.9. The molecule has 0 aromatic carbocycles. The summed E-state index contributed by atoms with van der Waals surface area (Å²) < 4.78 is 5.17. The number of methoxy groups -OCH3 is 1. The van der Waals surface area contributed by atoms with Gasteiger partial charge in [-0.05, 0) is 18.4 Å². The first-order valence-electron chi connectivity index (χ1n) is 6.39. The summed E-state index contributed by atoms with van der Waals surface area (Å²) in [5.74, 6) is 0.797. The largest absolute Gasteiger partial charge is 0.383 e. The van der Waals surface area contributed by atoms with Gasteiger partial charge >= 0.3 is 0 Å². The van der Waals surface area contributed by atoms with Gasteiger partial charge in [0.25, 0.3) is 0 Å². The molecule has 0 saturated heterocycles. The minimum absolute atomic E-state index is 0.468. The van der Waals surface area contributed by atoms with Gasteiger partial charge in [0.2, 0.25) is 5.95 Å². The van der Waals surface area contributed by atoms with Crippen LogP contribution in [0.4, 0.5) is 5.95 Å². The molecule has 0 aliphatic carbocycles. The summed E-state index contributed by atoms with van der Waals surface area (Å²) in [7, 11) is 1.72. The molecule has 1 heterocycles. The summed E-state index contributed by atoms with van der Waals surface area (Å²) in [4.78, 5) is 11.1. The molecule has 0 saturated carbocycles. The van der Waals surface area contributed by atoms with E-state index < -0.39 is 0 Å². The predicted molar refractivity (Wildman–Crippen MR) is 78.3 cm³/mol. The molecule has 0 spiro atoms. The molecule has 0 radical (unpaired) electrons. The Morgan fingerprint density at radius 3 is 2.33 bits per heavy atom. The minimum atomic E-state index is 0.468. The van der Waals surface area contributed by atoms with Crippen LogP contribution in [-0.2, 0) is 10.1 Å². The molecule has 0 unspecified atom stereocenters. The Hall–Kier alpha value is -0.680. The van der Waals surface area contributed by atoms with Crippen LogP contribution in [0.25, 0.3) is 0 Å². The Morgan fingerprint density at radius 2 is 1.89 bits per heavy atom. The molecule has 1 aromatic heterocycles. The van der Waals surface area contributed by atoms with Crippen molar-refractivity contribution in [3.8, 4) is 0 Å². The number of rotatable bonds is 8. The predicted octanol–water partition coefficient (Wildman–Crippen LogP) is 3.01. The average Bonchev–Trinajstić information content (AvgIpc) is 2.43. The van der Waals surface area contributed by atoms with Crippen molar-refractivity contribution < 1.29 is 4.74 Å². The summed E-state index contributed by atoms with van der Waals surface area (Å²) >= 11 is 3.40. The maximum atomic E-state index is 5.17. The lowest BCUT2D eigenvalue weighted by atomic mass is 10.1. The number of hydrogen-bond acceptors (Lipinski definition) is 4. The van der Waals surface area contributed by atoms with Crippen molar-refractivity contribution in [3.63, 3.8) is 0 Å². The molecule has 0 bridgehead atoms. The van der Waals surface area contributed by atoms with Gasteiger partial charge in [-0.2, -0.15) is 0 Å². The number of aromatic nitrogens is 2. The third kappa shape index (κ3) is 4.21. The number of anilines is 1. The molecular weight excluding hydrogens is 294 g/mol. The Morgan fingerprint density at radius 1 is 1.28 bits per heavy atom. The molecule has 1 aromatic rings. The SMILES string of the molecule is CCC(CC)N(CCOC)c1ncc(CBr)cn1. The zero-order valence-electron chi connectivity index (χ0n) is 11.4. The summed E-state index contributed by atoms with van der Waals surface area (Å²) in [6.07, 6.45) is 5.92. The molecule has 0 aliphatic rings. The second kappa shape index (κ2) is 8.43. The molecule has 0 aliphatic heterocycles. The fraction of sp³-hybridized carbons (Fsp3) is 0.692. The zero-order valence-corrected chi connectivity index (χ0v) is 13.0. The quantitative estimate of drug-likeness (QED) is 0.691.